The Labute approximate surface area is 85.5 Å². The molecule has 82 valence electrons. The zero-order valence-electron chi connectivity index (χ0n) is 10.6. The van der Waals surface area contributed by atoms with E-state index in [2.05, 4.69) is 32.6 Å². The van der Waals surface area contributed by atoms with Crippen LogP contribution in [0.25, 0.3) is 0 Å². The van der Waals surface area contributed by atoms with Gasteiger partial charge in [-0.3, -0.25) is 0 Å². The van der Waals surface area contributed by atoms with E-state index >= 15 is 0 Å². The van der Waals surface area contributed by atoms with Crippen molar-refractivity contribution in [2.45, 2.75) is 66.8 Å². The Hall–Kier alpha value is -0.0400. The quantitative estimate of drug-likeness (QED) is 0.609. The van der Waals surface area contributed by atoms with Crippen molar-refractivity contribution in [1.82, 2.24) is 4.90 Å². The van der Waals surface area contributed by atoms with Crippen LogP contribution in [0.1, 0.15) is 60.8 Å². The molecular weight excluding hydrogens is 158 g/mol. The van der Waals surface area contributed by atoms with E-state index < -0.39 is 0 Å². The van der Waals surface area contributed by atoms with Crippen LogP contribution in [0.5, 0.6) is 0 Å². The fourth-order valence-corrected chi connectivity index (χ4v) is 1.72. The van der Waals surface area contributed by atoms with Gasteiger partial charge in [0.2, 0.25) is 0 Å². The van der Waals surface area contributed by atoms with Crippen LogP contribution < -0.4 is 0 Å². The molecule has 0 rings (SSSR count). The number of rotatable bonds is 6. The Morgan fingerprint density at radius 3 is 1.62 bits per heavy atom. The van der Waals surface area contributed by atoms with Crippen molar-refractivity contribution in [1.29, 1.82) is 0 Å². The van der Waals surface area contributed by atoms with Gasteiger partial charge in [-0.2, -0.15) is 0 Å². The minimum atomic E-state index is 0.829. The molecule has 1 unspecified atom stereocenters. The summed E-state index contributed by atoms with van der Waals surface area (Å²) in [4.78, 5) is 2.56. The molecule has 0 aromatic carbocycles. The molecule has 1 atom stereocenters. The molecule has 0 saturated carbocycles. The highest BCUT2D eigenvalue weighted by molar-refractivity contribution is 4.66. The zero-order valence-corrected chi connectivity index (χ0v) is 10.6. The molecular formula is C12H29N. The Balaban J connectivity index is 0. The Morgan fingerprint density at radius 2 is 1.38 bits per heavy atom. The van der Waals surface area contributed by atoms with E-state index in [0.29, 0.717) is 0 Å². The highest BCUT2D eigenvalue weighted by Gasteiger charge is 2.10. The van der Waals surface area contributed by atoms with E-state index in [-0.39, 0.29) is 0 Å². The highest BCUT2D eigenvalue weighted by Crippen LogP contribution is 2.09. The molecule has 0 heterocycles. The summed E-state index contributed by atoms with van der Waals surface area (Å²) in [5.41, 5.74) is 0. The first-order valence-corrected chi connectivity index (χ1v) is 6.04. The average Bonchev–Trinajstić information content (AvgIpc) is 2.21. The lowest BCUT2D eigenvalue weighted by Gasteiger charge is -2.28. The van der Waals surface area contributed by atoms with Crippen LogP contribution in [0.3, 0.4) is 0 Å². The van der Waals surface area contributed by atoms with E-state index in [0.717, 1.165) is 6.04 Å². The summed E-state index contributed by atoms with van der Waals surface area (Å²) < 4.78 is 0. The van der Waals surface area contributed by atoms with Crippen LogP contribution in [-0.4, -0.2) is 24.0 Å². The van der Waals surface area contributed by atoms with Crippen molar-refractivity contribution in [3.63, 3.8) is 0 Å². The van der Waals surface area contributed by atoms with Crippen molar-refractivity contribution in [3.8, 4) is 0 Å². The van der Waals surface area contributed by atoms with Crippen molar-refractivity contribution < 1.29 is 0 Å². The predicted octanol–water partition coefficient (Wildman–Crippen LogP) is 3.93. The predicted molar refractivity (Wildman–Crippen MR) is 63.3 cm³/mol. The summed E-state index contributed by atoms with van der Waals surface area (Å²) >= 11 is 0. The van der Waals surface area contributed by atoms with E-state index in [1.165, 1.54) is 32.4 Å². The average molecular weight is 187 g/mol. The first kappa shape index (κ1) is 15.4. The fourth-order valence-electron chi connectivity index (χ4n) is 1.72. The van der Waals surface area contributed by atoms with E-state index in [9.17, 15) is 0 Å². The molecule has 0 spiro atoms. The third-order valence-electron chi connectivity index (χ3n) is 2.42. The van der Waals surface area contributed by atoms with Gasteiger partial charge in [-0.1, -0.05) is 48.0 Å². The Morgan fingerprint density at radius 1 is 0.923 bits per heavy atom. The molecule has 0 N–H and O–H groups in total. The number of hydrogen-bond donors (Lipinski definition) is 0. The largest absolute Gasteiger partial charge is 0.301 e. The second-order valence-electron chi connectivity index (χ2n) is 3.07. The molecule has 0 aromatic rings. The highest BCUT2D eigenvalue weighted by atomic mass is 15.1. The van der Waals surface area contributed by atoms with Gasteiger partial charge in [0.1, 0.15) is 0 Å². The summed E-state index contributed by atoms with van der Waals surface area (Å²) in [6.07, 6.45) is 3.97. The lowest BCUT2D eigenvalue weighted by Crippen LogP contribution is -2.34. The van der Waals surface area contributed by atoms with Gasteiger partial charge in [0.15, 0.2) is 0 Å². The van der Waals surface area contributed by atoms with Gasteiger partial charge in [0, 0.05) is 6.04 Å². The summed E-state index contributed by atoms with van der Waals surface area (Å²) in [5, 5.41) is 0. The third kappa shape index (κ3) is 7.06. The van der Waals surface area contributed by atoms with Crippen LogP contribution in [-0.2, 0) is 0 Å². The monoisotopic (exact) mass is 187 g/mol. The summed E-state index contributed by atoms with van der Waals surface area (Å²) in [6, 6.07) is 0.829. The van der Waals surface area contributed by atoms with Crippen molar-refractivity contribution >= 4 is 0 Å². The second kappa shape index (κ2) is 12.0. The van der Waals surface area contributed by atoms with Crippen molar-refractivity contribution in [3.05, 3.63) is 0 Å². The first-order chi connectivity index (χ1) is 6.29. The van der Waals surface area contributed by atoms with Gasteiger partial charge in [-0.05, 0) is 25.9 Å². The van der Waals surface area contributed by atoms with E-state index in [1.807, 2.05) is 13.8 Å². The van der Waals surface area contributed by atoms with Crippen LogP contribution >= 0.6 is 0 Å². The van der Waals surface area contributed by atoms with Crippen molar-refractivity contribution in [2.24, 2.45) is 0 Å². The molecule has 0 aromatic heterocycles. The van der Waals surface area contributed by atoms with Gasteiger partial charge in [-0.25, -0.2) is 0 Å². The zero-order chi connectivity index (χ0) is 10.7. The molecule has 0 bridgehead atoms. The summed E-state index contributed by atoms with van der Waals surface area (Å²) in [5.74, 6) is 0. The number of hydrogen-bond acceptors (Lipinski definition) is 1. The van der Waals surface area contributed by atoms with E-state index in [4.69, 9.17) is 0 Å². The maximum absolute atomic E-state index is 2.56. The lowest BCUT2D eigenvalue weighted by molar-refractivity contribution is 0.199. The number of nitrogens with zero attached hydrogens (tertiary/aromatic N) is 1. The minimum absolute atomic E-state index is 0.829. The molecule has 0 saturated heterocycles. The van der Waals surface area contributed by atoms with Gasteiger partial charge in [0.05, 0.1) is 0 Å². The third-order valence-corrected chi connectivity index (χ3v) is 2.42. The van der Waals surface area contributed by atoms with Gasteiger partial charge in [-0.15, -0.1) is 0 Å². The first-order valence-electron chi connectivity index (χ1n) is 6.04. The topological polar surface area (TPSA) is 3.24 Å². The minimum Gasteiger partial charge on any atom is -0.301 e. The molecule has 0 aliphatic rings. The molecule has 0 radical (unpaired) electrons. The second-order valence-corrected chi connectivity index (χ2v) is 3.07. The maximum atomic E-state index is 2.56. The molecule has 0 amide bonds. The molecule has 13 heavy (non-hydrogen) atoms. The summed E-state index contributed by atoms with van der Waals surface area (Å²) in [7, 11) is 0. The van der Waals surface area contributed by atoms with Crippen LogP contribution in [0.4, 0.5) is 0 Å². The maximum Gasteiger partial charge on any atom is 0.00922 e. The normalized spacial score (nSPS) is 12.2. The van der Waals surface area contributed by atoms with Crippen LogP contribution in [0, 0.1) is 0 Å². The van der Waals surface area contributed by atoms with Gasteiger partial charge in [0.25, 0.3) is 0 Å². The molecule has 0 aliphatic heterocycles. The van der Waals surface area contributed by atoms with Crippen LogP contribution in [0.15, 0.2) is 0 Å². The molecule has 0 fully saturated rings. The SMILES string of the molecule is CC.CCCC(CC)N(CC)CC. The van der Waals surface area contributed by atoms with Gasteiger partial charge >= 0.3 is 0 Å². The Kier molecular flexibility index (Phi) is 14.2. The lowest BCUT2D eigenvalue weighted by atomic mass is 10.1. The standard InChI is InChI=1S/C10H23N.C2H6/c1-5-9-10(6-2)11(7-3)8-4;1-2/h10H,5-9H2,1-4H3;1-2H3. The fraction of sp³-hybridized carbons (Fsp3) is 1.00. The molecule has 0 aliphatic carbocycles. The molecule has 1 heteroatoms. The molecule has 1 nitrogen and oxygen atoms in total. The van der Waals surface area contributed by atoms with Crippen LogP contribution in [0.2, 0.25) is 0 Å². The van der Waals surface area contributed by atoms with E-state index in [1.54, 1.807) is 0 Å². The smallest absolute Gasteiger partial charge is 0.00922 e. The van der Waals surface area contributed by atoms with Crippen molar-refractivity contribution in [2.75, 3.05) is 13.1 Å². The summed E-state index contributed by atoms with van der Waals surface area (Å²) in [6.45, 7) is 15.5. The van der Waals surface area contributed by atoms with Gasteiger partial charge < -0.3 is 4.90 Å². The Bertz CT molecular complexity index is 77.2.